The summed E-state index contributed by atoms with van der Waals surface area (Å²) in [7, 11) is -3.61. The maximum Gasteiger partial charge on any atom is 0.181 e. The maximum absolute atomic E-state index is 12.0. The molecular formula is C11H18N2O4S. The topological polar surface area (TPSA) is 127 Å². The molecule has 6 nitrogen and oxygen atoms in total. The highest BCUT2D eigenvalue weighted by Crippen LogP contribution is 2.27. The summed E-state index contributed by atoms with van der Waals surface area (Å²) in [6, 6.07) is 2.83. The van der Waals surface area contributed by atoms with Crippen LogP contribution in [-0.4, -0.2) is 37.6 Å². The van der Waals surface area contributed by atoms with Gasteiger partial charge in [-0.25, -0.2) is 8.42 Å². The summed E-state index contributed by atoms with van der Waals surface area (Å²) in [6.45, 7) is -0.514. The van der Waals surface area contributed by atoms with Gasteiger partial charge < -0.3 is 21.7 Å². The van der Waals surface area contributed by atoms with Crippen LogP contribution < -0.4 is 11.5 Å². The van der Waals surface area contributed by atoms with Crippen LogP contribution in [0.25, 0.3) is 0 Å². The molecule has 0 aliphatic heterocycles. The zero-order chi connectivity index (χ0) is 13.8. The quantitative estimate of drug-likeness (QED) is 0.520. The van der Waals surface area contributed by atoms with Crippen LogP contribution in [0.15, 0.2) is 17.0 Å². The third-order valence-electron chi connectivity index (χ3n) is 2.55. The zero-order valence-corrected chi connectivity index (χ0v) is 10.8. The molecule has 18 heavy (non-hydrogen) atoms. The molecule has 0 aliphatic rings. The molecule has 0 fully saturated rings. The average Bonchev–Trinajstić information content (AvgIpc) is 2.27. The SMILES string of the molecule is Nc1cc(N)c(CCCO)c(S(=O)(=O)CCO)c1. The van der Waals surface area contributed by atoms with E-state index in [2.05, 4.69) is 0 Å². The van der Waals surface area contributed by atoms with E-state index in [0.29, 0.717) is 24.1 Å². The van der Waals surface area contributed by atoms with Gasteiger partial charge in [-0.2, -0.15) is 0 Å². The Morgan fingerprint density at radius 3 is 2.33 bits per heavy atom. The molecule has 7 heteroatoms. The minimum absolute atomic E-state index is 0.0440. The summed E-state index contributed by atoms with van der Waals surface area (Å²) < 4.78 is 24.0. The van der Waals surface area contributed by atoms with Crippen molar-refractivity contribution in [3.05, 3.63) is 17.7 Å². The van der Waals surface area contributed by atoms with Crippen LogP contribution in [0.3, 0.4) is 0 Å². The Morgan fingerprint density at radius 2 is 1.78 bits per heavy atom. The van der Waals surface area contributed by atoms with Gasteiger partial charge in [0.15, 0.2) is 9.84 Å². The number of rotatable bonds is 6. The van der Waals surface area contributed by atoms with Crippen molar-refractivity contribution in [2.75, 3.05) is 30.4 Å². The number of aliphatic hydroxyl groups is 2. The van der Waals surface area contributed by atoms with E-state index >= 15 is 0 Å². The molecule has 1 aromatic carbocycles. The molecule has 6 N–H and O–H groups in total. The number of sulfone groups is 1. The van der Waals surface area contributed by atoms with Crippen molar-refractivity contribution in [2.24, 2.45) is 0 Å². The predicted octanol–water partition coefficient (Wildman–Crippen LogP) is -0.458. The molecule has 0 bridgehead atoms. The molecule has 0 atom stereocenters. The van der Waals surface area contributed by atoms with Gasteiger partial charge in [0.2, 0.25) is 0 Å². The van der Waals surface area contributed by atoms with Gasteiger partial charge in [-0.05, 0) is 30.5 Å². The molecule has 0 aromatic heterocycles. The minimum Gasteiger partial charge on any atom is -0.399 e. The Hall–Kier alpha value is -1.31. The largest absolute Gasteiger partial charge is 0.399 e. The summed E-state index contributed by atoms with van der Waals surface area (Å²) in [5, 5.41) is 17.6. The lowest BCUT2D eigenvalue weighted by molar-refractivity contribution is 0.288. The second-order valence-electron chi connectivity index (χ2n) is 3.96. The highest BCUT2D eigenvalue weighted by Gasteiger charge is 2.20. The lowest BCUT2D eigenvalue weighted by atomic mass is 10.1. The fraction of sp³-hybridized carbons (Fsp3) is 0.455. The van der Waals surface area contributed by atoms with Gasteiger partial charge in [0.05, 0.1) is 17.3 Å². The van der Waals surface area contributed by atoms with Crippen molar-refractivity contribution < 1.29 is 18.6 Å². The summed E-state index contributed by atoms with van der Waals surface area (Å²) in [5.41, 5.74) is 12.4. The van der Waals surface area contributed by atoms with E-state index in [1.807, 2.05) is 0 Å². The van der Waals surface area contributed by atoms with Crippen LogP contribution in [0, 0.1) is 0 Å². The van der Waals surface area contributed by atoms with Crippen LogP contribution >= 0.6 is 0 Å². The van der Waals surface area contributed by atoms with Gasteiger partial charge in [0, 0.05) is 18.0 Å². The standard InChI is InChI=1S/C11H18N2O4S/c12-8-6-10(13)9(2-1-3-14)11(7-8)18(16,17)5-4-15/h6-7,14-15H,1-5,12-13H2. The van der Waals surface area contributed by atoms with Crippen molar-refractivity contribution in [3.63, 3.8) is 0 Å². The number of nitrogens with two attached hydrogens (primary N) is 2. The van der Waals surface area contributed by atoms with E-state index in [9.17, 15) is 8.42 Å². The molecule has 0 spiro atoms. The molecule has 0 saturated heterocycles. The van der Waals surface area contributed by atoms with Gasteiger partial charge >= 0.3 is 0 Å². The van der Waals surface area contributed by atoms with Crippen LogP contribution in [-0.2, 0) is 16.3 Å². The fourth-order valence-corrected chi connectivity index (χ4v) is 3.09. The molecule has 0 radical (unpaired) electrons. The summed E-state index contributed by atoms with van der Waals surface area (Å²) in [5.74, 6) is -0.373. The fourth-order valence-electron chi connectivity index (χ4n) is 1.72. The van der Waals surface area contributed by atoms with Crippen LogP contribution in [0.1, 0.15) is 12.0 Å². The summed E-state index contributed by atoms with van der Waals surface area (Å²) in [6.07, 6.45) is 0.762. The number of nitrogen functional groups attached to an aromatic ring is 2. The number of aliphatic hydroxyl groups excluding tert-OH is 2. The smallest absolute Gasteiger partial charge is 0.181 e. The molecule has 0 saturated carbocycles. The monoisotopic (exact) mass is 274 g/mol. The van der Waals surface area contributed by atoms with E-state index < -0.39 is 16.4 Å². The van der Waals surface area contributed by atoms with E-state index in [4.69, 9.17) is 21.7 Å². The second-order valence-corrected chi connectivity index (χ2v) is 6.03. The zero-order valence-electron chi connectivity index (χ0n) is 9.96. The third kappa shape index (κ3) is 3.34. The Bertz CT molecular complexity index is 514. The molecule has 1 rings (SSSR count). The van der Waals surface area contributed by atoms with Gasteiger partial charge in [-0.15, -0.1) is 0 Å². The molecule has 1 aromatic rings. The van der Waals surface area contributed by atoms with Crippen molar-refractivity contribution in [1.82, 2.24) is 0 Å². The lowest BCUT2D eigenvalue weighted by Crippen LogP contribution is -2.14. The summed E-state index contributed by atoms with van der Waals surface area (Å²) >= 11 is 0. The molecule has 0 amide bonds. The summed E-state index contributed by atoms with van der Waals surface area (Å²) in [4.78, 5) is 0.0440. The van der Waals surface area contributed by atoms with E-state index in [1.54, 1.807) is 0 Å². The minimum atomic E-state index is -3.61. The first kappa shape index (κ1) is 14.7. The Morgan fingerprint density at radius 1 is 1.11 bits per heavy atom. The van der Waals surface area contributed by atoms with Crippen LogP contribution in [0.4, 0.5) is 11.4 Å². The number of benzene rings is 1. The van der Waals surface area contributed by atoms with Crippen LogP contribution in [0.2, 0.25) is 0 Å². The highest BCUT2D eigenvalue weighted by atomic mass is 32.2. The average molecular weight is 274 g/mol. The van der Waals surface area contributed by atoms with Crippen molar-refractivity contribution in [1.29, 1.82) is 0 Å². The van der Waals surface area contributed by atoms with Crippen LogP contribution in [0.5, 0.6) is 0 Å². The van der Waals surface area contributed by atoms with E-state index in [-0.39, 0.29) is 22.9 Å². The van der Waals surface area contributed by atoms with Gasteiger partial charge in [0.25, 0.3) is 0 Å². The molecule has 0 heterocycles. The molecular weight excluding hydrogens is 256 g/mol. The predicted molar refractivity (Wildman–Crippen MR) is 69.8 cm³/mol. The van der Waals surface area contributed by atoms with Gasteiger partial charge in [-0.1, -0.05) is 0 Å². The third-order valence-corrected chi connectivity index (χ3v) is 4.30. The van der Waals surface area contributed by atoms with Crippen molar-refractivity contribution in [3.8, 4) is 0 Å². The highest BCUT2D eigenvalue weighted by molar-refractivity contribution is 7.91. The van der Waals surface area contributed by atoms with Gasteiger partial charge in [-0.3, -0.25) is 0 Å². The first-order chi connectivity index (χ1) is 8.42. The number of anilines is 2. The first-order valence-corrected chi connectivity index (χ1v) is 7.20. The second kappa shape index (κ2) is 6.03. The molecule has 0 unspecified atom stereocenters. The number of hydrogen-bond donors (Lipinski definition) is 4. The van der Waals surface area contributed by atoms with Crippen molar-refractivity contribution >= 4 is 21.2 Å². The lowest BCUT2D eigenvalue weighted by Gasteiger charge is -2.13. The maximum atomic E-state index is 12.0. The molecule has 102 valence electrons. The number of hydrogen-bond acceptors (Lipinski definition) is 6. The Balaban J connectivity index is 3.31. The van der Waals surface area contributed by atoms with Gasteiger partial charge in [0.1, 0.15) is 0 Å². The van der Waals surface area contributed by atoms with E-state index in [1.165, 1.54) is 12.1 Å². The van der Waals surface area contributed by atoms with E-state index in [0.717, 1.165) is 0 Å². The Labute approximate surface area is 106 Å². The molecule has 0 aliphatic carbocycles. The van der Waals surface area contributed by atoms with Crippen molar-refractivity contribution in [2.45, 2.75) is 17.7 Å². The first-order valence-electron chi connectivity index (χ1n) is 5.54. The normalized spacial score (nSPS) is 11.7. The Kier molecular flexibility index (Phi) is 4.94.